The maximum atomic E-state index is 4.50. The number of hydrogen-bond acceptors (Lipinski definition) is 2. The molecule has 0 spiro atoms. The van der Waals surface area contributed by atoms with Crippen LogP contribution in [0, 0.1) is 6.92 Å². The van der Waals surface area contributed by atoms with Crippen molar-refractivity contribution in [2.24, 2.45) is 0 Å². The molecule has 0 unspecified atom stereocenters. The molecular weight excluding hydrogens is 236 g/mol. The van der Waals surface area contributed by atoms with Crippen LogP contribution in [-0.2, 0) is 13.1 Å². The van der Waals surface area contributed by atoms with Crippen molar-refractivity contribution in [1.82, 2.24) is 14.8 Å². The highest BCUT2D eigenvalue weighted by Crippen LogP contribution is 2.19. The second-order valence-electron chi connectivity index (χ2n) is 4.70. The predicted molar refractivity (Wildman–Crippen MR) is 78.3 cm³/mol. The zero-order chi connectivity index (χ0) is 13.2. The normalized spacial score (nSPS) is 11.1. The first-order chi connectivity index (χ1) is 9.28. The molecule has 0 amide bonds. The molecule has 4 nitrogen and oxygen atoms in total. The molecule has 0 saturated carbocycles. The van der Waals surface area contributed by atoms with Crippen molar-refractivity contribution in [1.29, 1.82) is 0 Å². The molecule has 0 aliphatic carbocycles. The highest BCUT2D eigenvalue weighted by Gasteiger charge is 2.05. The fourth-order valence-electron chi connectivity index (χ4n) is 2.38. The summed E-state index contributed by atoms with van der Waals surface area (Å²) < 4.78 is 2.00. The molecule has 1 aromatic carbocycles. The number of anilines is 1. The van der Waals surface area contributed by atoms with E-state index in [1.54, 1.807) is 0 Å². The molecule has 19 heavy (non-hydrogen) atoms. The summed E-state index contributed by atoms with van der Waals surface area (Å²) in [6.45, 7) is 5.86. The Hall–Kier alpha value is -2.23. The van der Waals surface area contributed by atoms with Gasteiger partial charge in [0.1, 0.15) is 5.82 Å². The summed E-state index contributed by atoms with van der Waals surface area (Å²) in [4.78, 5) is 3.29. The summed E-state index contributed by atoms with van der Waals surface area (Å²) >= 11 is 0. The third-order valence-electron chi connectivity index (χ3n) is 3.42. The topological polar surface area (TPSA) is 45.6 Å². The van der Waals surface area contributed by atoms with E-state index in [0.717, 1.165) is 18.9 Å². The number of rotatable bonds is 4. The molecule has 0 radical (unpaired) electrons. The molecule has 0 saturated heterocycles. The number of aryl methyl sites for hydroxylation is 2. The lowest BCUT2D eigenvalue weighted by Crippen LogP contribution is -2.02. The van der Waals surface area contributed by atoms with Crippen LogP contribution in [0.4, 0.5) is 5.82 Å². The molecule has 2 N–H and O–H groups in total. The molecule has 0 aliphatic heterocycles. The van der Waals surface area contributed by atoms with Gasteiger partial charge >= 0.3 is 0 Å². The maximum Gasteiger partial charge on any atom is 0.148 e. The molecule has 2 heterocycles. The fourth-order valence-corrected chi connectivity index (χ4v) is 2.38. The lowest BCUT2D eigenvalue weighted by molar-refractivity contribution is 0.641. The largest absolute Gasteiger partial charge is 0.364 e. The summed E-state index contributed by atoms with van der Waals surface area (Å²) in [5, 5.41) is 9.15. The molecule has 2 aromatic heterocycles. The van der Waals surface area contributed by atoms with Crippen LogP contribution in [-0.4, -0.2) is 14.8 Å². The zero-order valence-corrected chi connectivity index (χ0v) is 11.3. The van der Waals surface area contributed by atoms with Crippen LogP contribution in [0.5, 0.6) is 0 Å². The van der Waals surface area contributed by atoms with Crippen LogP contribution in [0.15, 0.2) is 36.5 Å². The van der Waals surface area contributed by atoms with Gasteiger partial charge in [0.2, 0.25) is 0 Å². The van der Waals surface area contributed by atoms with Gasteiger partial charge in [-0.15, -0.1) is 0 Å². The van der Waals surface area contributed by atoms with E-state index in [2.05, 4.69) is 59.7 Å². The Balaban J connectivity index is 1.78. The van der Waals surface area contributed by atoms with Crippen LogP contribution < -0.4 is 5.32 Å². The summed E-state index contributed by atoms with van der Waals surface area (Å²) in [7, 11) is 0. The van der Waals surface area contributed by atoms with Crippen molar-refractivity contribution in [3.8, 4) is 0 Å². The van der Waals surface area contributed by atoms with Gasteiger partial charge in [-0.05, 0) is 25.5 Å². The summed E-state index contributed by atoms with van der Waals surface area (Å²) in [5.41, 5.74) is 3.62. The highest BCUT2D eigenvalue weighted by molar-refractivity contribution is 5.83. The highest BCUT2D eigenvalue weighted by atomic mass is 15.3. The Morgan fingerprint density at radius 1 is 1.32 bits per heavy atom. The lowest BCUT2D eigenvalue weighted by atomic mass is 10.2. The Kier molecular flexibility index (Phi) is 2.99. The van der Waals surface area contributed by atoms with Gasteiger partial charge in [-0.1, -0.05) is 18.2 Å². The van der Waals surface area contributed by atoms with Gasteiger partial charge in [-0.2, -0.15) is 5.10 Å². The molecule has 98 valence electrons. The van der Waals surface area contributed by atoms with E-state index < -0.39 is 0 Å². The third-order valence-corrected chi connectivity index (χ3v) is 3.42. The van der Waals surface area contributed by atoms with Gasteiger partial charge in [0, 0.05) is 41.9 Å². The smallest absolute Gasteiger partial charge is 0.148 e. The standard InChI is InChI=1S/C15H18N4/c1-3-19-11(2)8-15(18-19)17-10-12-9-16-14-7-5-4-6-13(12)14/h4-9,16H,3,10H2,1-2H3,(H,17,18). The Morgan fingerprint density at radius 3 is 2.95 bits per heavy atom. The predicted octanol–water partition coefficient (Wildman–Crippen LogP) is 3.30. The quantitative estimate of drug-likeness (QED) is 0.750. The van der Waals surface area contributed by atoms with E-state index in [-0.39, 0.29) is 0 Å². The fraction of sp³-hybridized carbons (Fsp3) is 0.267. The van der Waals surface area contributed by atoms with E-state index in [1.165, 1.54) is 22.2 Å². The lowest BCUT2D eigenvalue weighted by Gasteiger charge is -2.01. The van der Waals surface area contributed by atoms with Gasteiger partial charge in [0.25, 0.3) is 0 Å². The number of aromatic amines is 1. The minimum Gasteiger partial charge on any atom is -0.364 e. The van der Waals surface area contributed by atoms with Gasteiger partial charge in [0.05, 0.1) is 0 Å². The summed E-state index contributed by atoms with van der Waals surface area (Å²) in [5.74, 6) is 0.935. The van der Waals surface area contributed by atoms with Crippen LogP contribution in [0.25, 0.3) is 10.9 Å². The van der Waals surface area contributed by atoms with Crippen LogP contribution in [0.3, 0.4) is 0 Å². The average molecular weight is 254 g/mol. The number of hydrogen-bond donors (Lipinski definition) is 2. The van der Waals surface area contributed by atoms with Crippen molar-refractivity contribution < 1.29 is 0 Å². The minimum absolute atomic E-state index is 0.782. The maximum absolute atomic E-state index is 4.50. The second kappa shape index (κ2) is 4.80. The Bertz CT molecular complexity index is 693. The van der Waals surface area contributed by atoms with Crippen LogP contribution in [0.1, 0.15) is 18.2 Å². The summed E-state index contributed by atoms with van der Waals surface area (Å²) in [6.07, 6.45) is 2.06. The second-order valence-corrected chi connectivity index (χ2v) is 4.70. The molecular formula is C15H18N4. The van der Waals surface area contributed by atoms with E-state index in [4.69, 9.17) is 0 Å². The average Bonchev–Trinajstić information content (AvgIpc) is 3.00. The van der Waals surface area contributed by atoms with E-state index >= 15 is 0 Å². The van der Waals surface area contributed by atoms with Gasteiger partial charge in [-0.25, -0.2) is 0 Å². The number of nitrogens with one attached hydrogen (secondary N) is 2. The van der Waals surface area contributed by atoms with Crippen molar-refractivity contribution in [3.05, 3.63) is 47.8 Å². The number of aromatic nitrogens is 3. The molecule has 0 fully saturated rings. The molecule has 4 heteroatoms. The Labute approximate surface area is 112 Å². The number of nitrogens with zero attached hydrogens (tertiary/aromatic N) is 2. The van der Waals surface area contributed by atoms with Crippen molar-refractivity contribution in [2.75, 3.05) is 5.32 Å². The molecule has 0 atom stereocenters. The number of fused-ring (bicyclic) bond motifs is 1. The number of para-hydroxylation sites is 1. The minimum atomic E-state index is 0.782. The van der Waals surface area contributed by atoms with E-state index in [0.29, 0.717) is 0 Å². The van der Waals surface area contributed by atoms with Gasteiger partial charge in [-0.3, -0.25) is 4.68 Å². The van der Waals surface area contributed by atoms with Crippen LogP contribution >= 0.6 is 0 Å². The third kappa shape index (κ3) is 2.21. The van der Waals surface area contributed by atoms with Gasteiger partial charge in [0.15, 0.2) is 0 Å². The SMILES string of the molecule is CCn1nc(NCc2c[nH]c3ccccc23)cc1C. The monoisotopic (exact) mass is 254 g/mol. The first-order valence-electron chi connectivity index (χ1n) is 6.61. The molecule has 0 bridgehead atoms. The van der Waals surface area contributed by atoms with E-state index in [9.17, 15) is 0 Å². The first kappa shape index (κ1) is 11.8. The zero-order valence-electron chi connectivity index (χ0n) is 11.3. The Morgan fingerprint density at radius 2 is 2.16 bits per heavy atom. The van der Waals surface area contributed by atoms with E-state index in [1.807, 2.05) is 10.7 Å². The van der Waals surface area contributed by atoms with Crippen molar-refractivity contribution in [2.45, 2.75) is 26.9 Å². The van der Waals surface area contributed by atoms with Crippen molar-refractivity contribution >= 4 is 16.7 Å². The molecule has 3 aromatic rings. The van der Waals surface area contributed by atoms with Crippen LogP contribution in [0.2, 0.25) is 0 Å². The number of benzene rings is 1. The molecule has 3 rings (SSSR count). The van der Waals surface area contributed by atoms with Gasteiger partial charge < -0.3 is 10.3 Å². The first-order valence-corrected chi connectivity index (χ1v) is 6.61. The number of H-pyrrole nitrogens is 1. The molecule has 0 aliphatic rings. The van der Waals surface area contributed by atoms with Crippen molar-refractivity contribution in [3.63, 3.8) is 0 Å². The summed E-state index contributed by atoms with van der Waals surface area (Å²) in [6, 6.07) is 10.4.